The van der Waals surface area contributed by atoms with Crippen molar-refractivity contribution in [3.63, 3.8) is 0 Å². The second-order valence-electron chi connectivity index (χ2n) is 6.42. The molecule has 7 nitrogen and oxygen atoms in total. The van der Waals surface area contributed by atoms with Crippen molar-refractivity contribution in [2.24, 2.45) is 0 Å². The van der Waals surface area contributed by atoms with Gasteiger partial charge >= 0.3 is 5.97 Å². The number of hydrogen-bond donors (Lipinski definition) is 0. The first-order valence-electron chi connectivity index (χ1n) is 8.95. The zero-order valence-electron chi connectivity index (χ0n) is 16.3. The summed E-state index contributed by atoms with van der Waals surface area (Å²) in [6, 6.07) is 5.39. The van der Waals surface area contributed by atoms with Crippen molar-refractivity contribution in [3.05, 3.63) is 29.8 Å². The quantitative estimate of drug-likeness (QED) is 0.679. The van der Waals surface area contributed by atoms with Crippen LogP contribution in [-0.2, 0) is 19.1 Å². The van der Waals surface area contributed by atoms with Gasteiger partial charge in [-0.25, -0.2) is 4.79 Å². The highest BCUT2D eigenvalue weighted by molar-refractivity contribution is 5.81. The summed E-state index contributed by atoms with van der Waals surface area (Å²) in [6.45, 7) is 6.11. The normalized spacial score (nSPS) is 19.8. The summed E-state index contributed by atoms with van der Waals surface area (Å²) in [6.07, 6.45) is 3.78. The molecule has 0 radical (unpaired) electrons. The van der Waals surface area contributed by atoms with Gasteiger partial charge in [-0.3, -0.25) is 4.79 Å². The number of methoxy groups -OCH3 is 1. The van der Waals surface area contributed by atoms with Gasteiger partial charge in [0.15, 0.2) is 24.7 Å². The number of nitrogens with zero attached hydrogens (tertiary/aromatic N) is 1. The highest BCUT2D eigenvalue weighted by Crippen LogP contribution is 2.28. The third-order valence-electron chi connectivity index (χ3n) is 4.02. The van der Waals surface area contributed by atoms with Gasteiger partial charge in [0.05, 0.1) is 19.3 Å². The van der Waals surface area contributed by atoms with E-state index < -0.39 is 5.97 Å². The van der Waals surface area contributed by atoms with Crippen LogP contribution in [0.25, 0.3) is 6.08 Å². The SMILES string of the molecule is C/C=C/c1ccc(OCC(=O)OCC(=O)N2C[C@H](C)O[C@@H](C)C2)c(OC)c1. The molecule has 2 atom stereocenters. The largest absolute Gasteiger partial charge is 0.493 e. The Morgan fingerprint density at radius 2 is 1.89 bits per heavy atom. The van der Waals surface area contributed by atoms with Crippen molar-refractivity contribution in [1.29, 1.82) is 0 Å². The van der Waals surface area contributed by atoms with Crippen molar-refractivity contribution < 1.29 is 28.5 Å². The fourth-order valence-corrected chi connectivity index (χ4v) is 2.89. The van der Waals surface area contributed by atoms with Gasteiger partial charge in [0.2, 0.25) is 0 Å². The van der Waals surface area contributed by atoms with Crippen LogP contribution in [0.2, 0.25) is 0 Å². The molecule has 1 aliphatic heterocycles. The number of amides is 1. The number of rotatable bonds is 7. The van der Waals surface area contributed by atoms with Gasteiger partial charge in [-0.05, 0) is 38.5 Å². The van der Waals surface area contributed by atoms with Crippen molar-refractivity contribution >= 4 is 18.0 Å². The van der Waals surface area contributed by atoms with Gasteiger partial charge in [-0.1, -0.05) is 18.2 Å². The van der Waals surface area contributed by atoms with E-state index in [1.165, 1.54) is 7.11 Å². The van der Waals surface area contributed by atoms with Crippen LogP contribution in [0.1, 0.15) is 26.3 Å². The number of allylic oxidation sites excluding steroid dienone is 1. The summed E-state index contributed by atoms with van der Waals surface area (Å²) in [5.41, 5.74) is 0.962. The van der Waals surface area contributed by atoms with Crippen molar-refractivity contribution in [3.8, 4) is 11.5 Å². The Labute approximate surface area is 159 Å². The van der Waals surface area contributed by atoms with E-state index >= 15 is 0 Å². The maximum absolute atomic E-state index is 12.2. The van der Waals surface area contributed by atoms with Crippen LogP contribution in [0.3, 0.4) is 0 Å². The molecular formula is C20H27NO6. The minimum absolute atomic E-state index is 0.0327. The molecule has 1 aromatic carbocycles. The molecule has 148 valence electrons. The first-order chi connectivity index (χ1) is 12.9. The Bertz CT molecular complexity index is 677. The lowest BCUT2D eigenvalue weighted by atomic mass is 10.2. The molecule has 1 heterocycles. The van der Waals surface area contributed by atoms with Crippen molar-refractivity contribution in [2.75, 3.05) is 33.4 Å². The lowest BCUT2D eigenvalue weighted by Crippen LogP contribution is -2.49. The summed E-state index contributed by atoms with van der Waals surface area (Å²) in [5, 5.41) is 0. The van der Waals surface area contributed by atoms with Crippen LogP contribution in [0.4, 0.5) is 0 Å². The van der Waals surface area contributed by atoms with Crippen LogP contribution in [0, 0.1) is 0 Å². The van der Waals surface area contributed by atoms with Crippen LogP contribution in [-0.4, -0.2) is 62.4 Å². The van der Waals surface area contributed by atoms with Gasteiger partial charge in [0, 0.05) is 13.1 Å². The molecule has 27 heavy (non-hydrogen) atoms. The lowest BCUT2D eigenvalue weighted by Gasteiger charge is -2.35. The molecule has 1 aromatic rings. The van der Waals surface area contributed by atoms with Crippen molar-refractivity contribution in [2.45, 2.75) is 33.0 Å². The van der Waals surface area contributed by atoms with Crippen molar-refractivity contribution in [1.82, 2.24) is 4.90 Å². The molecular weight excluding hydrogens is 350 g/mol. The third-order valence-corrected chi connectivity index (χ3v) is 4.02. The molecule has 0 aromatic heterocycles. The maximum atomic E-state index is 12.2. The zero-order chi connectivity index (χ0) is 19.8. The highest BCUT2D eigenvalue weighted by Gasteiger charge is 2.26. The average Bonchev–Trinajstić information content (AvgIpc) is 2.64. The zero-order valence-corrected chi connectivity index (χ0v) is 16.3. The standard InChI is InChI=1S/C20H27NO6/c1-5-6-16-7-8-17(18(9-16)24-4)25-13-20(23)26-12-19(22)21-10-14(2)27-15(3)11-21/h5-9,14-15H,10-13H2,1-4H3/b6-5+/t14-,15-/m0/s1. The summed E-state index contributed by atoms with van der Waals surface area (Å²) in [7, 11) is 1.53. The summed E-state index contributed by atoms with van der Waals surface area (Å²) in [5.74, 6) is 0.103. The Hall–Kier alpha value is -2.54. The number of esters is 1. The molecule has 1 aliphatic rings. The van der Waals surface area contributed by atoms with E-state index in [1.807, 2.05) is 45.1 Å². The van der Waals surface area contributed by atoms with Gasteiger partial charge in [0.25, 0.3) is 5.91 Å². The molecule has 1 amide bonds. The van der Waals surface area contributed by atoms with Gasteiger partial charge < -0.3 is 23.8 Å². The minimum atomic E-state index is -0.614. The van der Waals surface area contributed by atoms with E-state index in [9.17, 15) is 9.59 Å². The number of ether oxygens (including phenoxy) is 4. The van der Waals surface area contributed by atoms with Crippen LogP contribution < -0.4 is 9.47 Å². The van der Waals surface area contributed by atoms with Gasteiger partial charge in [0.1, 0.15) is 0 Å². The Morgan fingerprint density at radius 1 is 1.19 bits per heavy atom. The average molecular weight is 377 g/mol. The molecule has 0 saturated carbocycles. The monoisotopic (exact) mass is 377 g/mol. The molecule has 2 rings (SSSR count). The maximum Gasteiger partial charge on any atom is 0.344 e. The smallest absolute Gasteiger partial charge is 0.344 e. The van der Waals surface area contributed by atoms with E-state index in [1.54, 1.807) is 11.0 Å². The first-order valence-corrected chi connectivity index (χ1v) is 8.95. The second kappa shape index (κ2) is 9.97. The first kappa shape index (κ1) is 20.8. The van der Waals surface area contributed by atoms with E-state index in [2.05, 4.69) is 0 Å². The predicted molar refractivity (Wildman–Crippen MR) is 101 cm³/mol. The molecule has 0 aliphatic carbocycles. The van der Waals surface area contributed by atoms with Crippen LogP contribution in [0.5, 0.6) is 11.5 Å². The van der Waals surface area contributed by atoms with E-state index in [0.717, 1.165) is 5.56 Å². The number of benzene rings is 1. The molecule has 0 bridgehead atoms. The topological polar surface area (TPSA) is 74.3 Å². The van der Waals surface area contributed by atoms with E-state index in [-0.39, 0.29) is 31.3 Å². The molecule has 1 fully saturated rings. The van der Waals surface area contributed by atoms with Gasteiger partial charge in [-0.2, -0.15) is 0 Å². The highest BCUT2D eigenvalue weighted by atomic mass is 16.6. The second-order valence-corrected chi connectivity index (χ2v) is 6.42. The summed E-state index contributed by atoms with van der Waals surface area (Å²) < 4.78 is 21.4. The van der Waals surface area contributed by atoms with Crippen LogP contribution in [0.15, 0.2) is 24.3 Å². The number of carbonyl (C=O) groups excluding carboxylic acids is 2. The molecule has 0 spiro atoms. The number of morpholine rings is 1. The Kier molecular flexibility index (Phi) is 7.67. The molecule has 1 saturated heterocycles. The fourth-order valence-electron chi connectivity index (χ4n) is 2.89. The fraction of sp³-hybridized carbons (Fsp3) is 0.500. The Morgan fingerprint density at radius 3 is 2.52 bits per heavy atom. The third kappa shape index (κ3) is 6.29. The lowest BCUT2D eigenvalue weighted by molar-refractivity contribution is -0.158. The van der Waals surface area contributed by atoms with E-state index in [4.69, 9.17) is 18.9 Å². The number of hydrogen-bond acceptors (Lipinski definition) is 6. The van der Waals surface area contributed by atoms with Gasteiger partial charge in [-0.15, -0.1) is 0 Å². The number of carbonyl (C=O) groups is 2. The molecule has 0 unspecified atom stereocenters. The minimum Gasteiger partial charge on any atom is -0.493 e. The summed E-state index contributed by atoms with van der Waals surface area (Å²) in [4.78, 5) is 25.7. The summed E-state index contributed by atoms with van der Waals surface area (Å²) >= 11 is 0. The predicted octanol–water partition coefficient (Wildman–Crippen LogP) is 2.29. The van der Waals surface area contributed by atoms with E-state index in [0.29, 0.717) is 24.6 Å². The Balaban J connectivity index is 1.81. The van der Waals surface area contributed by atoms with Crippen LogP contribution >= 0.6 is 0 Å². The molecule has 0 N–H and O–H groups in total. The molecule has 7 heteroatoms.